The van der Waals surface area contributed by atoms with Gasteiger partial charge >= 0.3 is 0 Å². The van der Waals surface area contributed by atoms with Gasteiger partial charge in [-0.15, -0.1) is 6.58 Å². The van der Waals surface area contributed by atoms with Gasteiger partial charge in [0.15, 0.2) is 0 Å². The number of aryl methyl sites for hydroxylation is 1. The third kappa shape index (κ3) is 1.83. The Labute approximate surface area is 103 Å². The third-order valence-corrected chi connectivity index (χ3v) is 4.39. The molecule has 0 bridgehead atoms. The predicted molar refractivity (Wildman–Crippen MR) is 69.9 cm³/mol. The molecule has 0 spiro atoms. The van der Waals surface area contributed by atoms with Crippen LogP contribution < -0.4 is 0 Å². The number of rotatable bonds is 3. The molecular formula is C16H20O. The second-order valence-electron chi connectivity index (χ2n) is 5.73. The smallest absolute Gasteiger partial charge is 0.0614 e. The van der Waals surface area contributed by atoms with E-state index in [1.54, 1.807) is 0 Å². The molecule has 90 valence electrons. The van der Waals surface area contributed by atoms with Crippen molar-refractivity contribution in [1.29, 1.82) is 0 Å². The van der Waals surface area contributed by atoms with Crippen LogP contribution in [0.4, 0.5) is 0 Å². The van der Waals surface area contributed by atoms with Gasteiger partial charge in [-0.2, -0.15) is 0 Å². The zero-order valence-corrected chi connectivity index (χ0v) is 10.4. The molecule has 0 aromatic heterocycles. The molecule has 1 aromatic rings. The maximum Gasteiger partial charge on any atom is 0.0614 e. The van der Waals surface area contributed by atoms with Crippen molar-refractivity contribution >= 4 is 0 Å². The van der Waals surface area contributed by atoms with Crippen molar-refractivity contribution in [1.82, 2.24) is 0 Å². The van der Waals surface area contributed by atoms with E-state index in [0.717, 1.165) is 17.9 Å². The highest BCUT2D eigenvalue weighted by molar-refractivity contribution is 5.39. The number of hydrogen-bond donors (Lipinski definition) is 1. The second kappa shape index (κ2) is 3.99. The third-order valence-electron chi connectivity index (χ3n) is 4.39. The molecule has 0 heterocycles. The molecule has 0 aliphatic heterocycles. The Kier molecular flexibility index (Phi) is 2.59. The standard InChI is InChI=1S/C16H20O/c1-10(2)9-14(17)16-13-8-7-11-5-3-4-6-12(11)15(13)16/h3-6,13-17H,1,7-9H2,2H3. The Morgan fingerprint density at radius 2 is 2.24 bits per heavy atom. The molecule has 4 unspecified atom stereocenters. The zero-order valence-electron chi connectivity index (χ0n) is 10.4. The first-order valence-electron chi connectivity index (χ1n) is 6.58. The van der Waals surface area contributed by atoms with Gasteiger partial charge in [0.05, 0.1) is 6.10 Å². The quantitative estimate of drug-likeness (QED) is 0.787. The van der Waals surface area contributed by atoms with Crippen LogP contribution in [0.2, 0.25) is 0 Å². The fourth-order valence-corrected chi connectivity index (χ4v) is 3.64. The van der Waals surface area contributed by atoms with Gasteiger partial charge in [-0.1, -0.05) is 29.8 Å². The van der Waals surface area contributed by atoms with E-state index in [0.29, 0.717) is 11.8 Å². The van der Waals surface area contributed by atoms with E-state index >= 15 is 0 Å². The van der Waals surface area contributed by atoms with Gasteiger partial charge in [-0.05, 0) is 55.1 Å². The highest BCUT2D eigenvalue weighted by atomic mass is 16.3. The fourth-order valence-electron chi connectivity index (χ4n) is 3.64. The van der Waals surface area contributed by atoms with Crippen LogP contribution in [0.15, 0.2) is 36.4 Å². The number of aliphatic hydroxyl groups excluding tert-OH is 1. The van der Waals surface area contributed by atoms with Crippen LogP contribution in [0.5, 0.6) is 0 Å². The summed E-state index contributed by atoms with van der Waals surface area (Å²) in [6, 6.07) is 8.74. The highest BCUT2D eigenvalue weighted by Gasteiger charge is 2.55. The minimum atomic E-state index is -0.186. The average molecular weight is 228 g/mol. The van der Waals surface area contributed by atoms with Gasteiger partial charge < -0.3 is 5.11 Å². The van der Waals surface area contributed by atoms with Crippen LogP contribution in [0, 0.1) is 11.8 Å². The van der Waals surface area contributed by atoms with Crippen molar-refractivity contribution in [3.63, 3.8) is 0 Å². The van der Waals surface area contributed by atoms with Crippen LogP contribution in [-0.4, -0.2) is 11.2 Å². The summed E-state index contributed by atoms with van der Waals surface area (Å²) in [6.45, 7) is 5.91. The second-order valence-corrected chi connectivity index (χ2v) is 5.73. The molecule has 2 aliphatic carbocycles. The lowest BCUT2D eigenvalue weighted by atomic mass is 9.92. The first-order valence-corrected chi connectivity index (χ1v) is 6.58. The summed E-state index contributed by atoms with van der Waals surface area (Å²) in [5.74, 6) is 1.82. The molecular weight excluding hydrogens is 208 g/mol. The number of fused-ring (bicyclic) bond motifs is 3. The van der Waals surface area contributed by atoms with Gasteiger partial charge in [0.1, 0.15) is 0 Å². The van der Waals surface area contributed by atoms with Gasteiger partial charge in [-0.3, -0.25) is 0 Å². The molecule has 17 heavy (non-hydrogen) atoms. The SMILES string of the molecule is C=C(C)CC(O)C1C2CCc3ccccc3C21. The summed E-state index contributed by atoms with van der Waals surface area (Å²) < 4.78 is 0. The monoisotopic (exact) mass is 228 g/mol. The molecule has 1 nitrogen and oxygen atoms in total. The largest absolute Gasteiger partial charge is 0.392 e. The van der Waals surface area contributed by atoms with Crippen LogP contribution in [0.1, 0.15) is 36.8 Å². The Morgan fingerprint density at radius 1 is 1.47 bits per heavy atom. The summed E-state index contributed by atoms with van der Waals surface area (Å²) in [7, 11) is 0. The summed E-state index contributed by atoms with van der Waals surface area (Å²) >= 11 is 0. The van der Waals surface area contributed by atoms with Crippen molar-refractivity contribution in [2.75, 3.05) is 0 Å². The van der Waals surface area contributed by atoms with Gasteiger partial charge in [0.2, 0.25) is 0 Å². The Bertz CT molecular complexity index is 449. The van der Waals surface area contributed by atoms with E-state index in [-0.39, 0.29) is 6.10 Å². The lowest BCUT2D eigenvalue weighted by Crippen LogP contribution is -2.11. The first-order chi connectivity index (χ1) is 8.18. The van der Waals surface area contributed by atoms with Crippen molar-refractivity contribution < 1.29 is 5.11 Å². The molecule has 1 saturated carbocycles. The van der Waals surface area contributed by atoms with Crippen molar-refractivity contribution in [3.05, 3.63) is 47.5 Å². The molecule has 1 heteroatoms. The normalized spacial score (nSPS) is 31.3. The van der Waals surface area contributed by atoms with Crippen LogP contribution in [0.3, 0.4) is 0 Å². The minimum Gasteiger partial charge on any atom is -0.392 e. The van der Waals surface area contributed by atoms with E-state index < -0.39 is 0 Å². The fraction of sp³-hybridized carbons (Fsp3) is 0.500. The van der Waals surface area contributed by atoms with Crippen molar-refractivity contribution in [3.8, 4) is 0 Å². The Balaban J connectivity index is 1.80. The molecule has 1 aromatic carbocycles. The minimum absolute atomic E-state index is 0.186. The van der Waals surface area contributed by atoms with Crippen LogP contribution in [-0.2, 0) is 6.42 Å². The van der Waals surface area contributed by atoms with E-state index in [4.69, 9.17) is 0 Å². The van der Waals surface area contributed by atoms with Crippen molar-refractivity contribution in [2.45, 2.75) is 38.2 Å². The lowest BCUT2D eigenvalue weighted by Gasteiger charge is -2.13. The molecule has 1 N–H and O–H groups in total. The molecule has 0 radical (unpaired) electrons. The zero-order chi connectivity index (χ0) is 12.0. The molecule has 0 saturated heterocycles. The molecule has 3 rings (SSSR count). The summed E-state index contributed by atoms with van der Waals surface area (Å²) in [5.41, 5.74) is 4.09. The van der Waals surface area contributed by atoms with E-state index in [1.165, 1.54) is 24.0 Å². The summed E-state index contributed by atoms with van der Waals surface area (Å²) in [6.07, 6.45) is 3.02. The molecule has 4 atom stereocenters. The van der Waals surface area contributed by atoms with Crippen LogP contribution >= 0.6 is 0 Å². The highest BCUT2D eigenvalue weighted by Crippen LogP contribution is 2.61. The van der Waals surface area contributed by atoms with E-state index in [1.807, 2.05) is 6.92 Å². The van der Waals surface area contributed by atoms with Crippen LogP contribution in [0.25, 0.3) is 0 Å². The Morgan fingerprint density at radius 3 is 3.00 bits per heavy atom. The van der Waals surface area contributed by atoms with Crippen molar-refractivity contribution in [2.24, 2.45) is 11.8 Å². The average Bonchev–Trinajstić information content (AvgIpc) is 3.02. The number of benzene rings is 1. The van der Waals surface area contributed by atoms with Gasteiger partial charge in [0.25, 0.3) is 0 Å². The lowest BCUT2D eigenvalue weighted by molar-refractivity contribution is 0.143. The number of hydrogen-bond acceptors (Lipinski definition) is 1. The van der Waals surface area contributed by atoms with E-state index in [2.05, 4.69) is 30.8 Å². The molecule has 0 amide bonds. The summed E-state index contributed by atoms with van der Waals surface area (Å²) in [4.78, 5) is 0. The van der Waals surface area contributed by atoms with Gasteiger partial charge in [-0.25, -0.2) is 0 Å². The van der Waals surface area contributed by atoms with E-state index in [9.17, 15) is 5.11 Å². The van der Waals surface area contributed by atoms with Gasteiger partial charge in [0, 0.05) is 0 Å². The molecule has 2 aliphatic rings. The molecule has 1 fully saturated rings. The topological polar surface area (TPSA) is 20.2 Å². The first kappa shape index (κ1) is 11.0. The maximum absolute atomic E-state index is 10.3. The summed E-state index contributed by atoms with van der Waals surface area (Å²) in [5, 5.41) is 10.3. The predicted octanol–water partition coefficient (Wildman–Crippen LogP) is 3.29. The number of aliphatic hydroxyl groups is 1. The maximum atomic E-state index is 10.3. The Hall–Kier alpha value is -1.08.